The molecule has 0 bridgehead atoms. The molecule has 0 unspecified atom stereocenters. The van der Waals surface area contributed by atoms with Crippen molar-refractivity contribution < 1.29 is 9.13 Å². The Hall–Kier alpha value is -1.88. The summed E-state index contributed by atoms with van der Waals surface area (Å²) >= 11 is 0. The average Bonchev–Trinajstić information content (AvgIpc) is 2.85. The van der Waals surface area contributed by atoms with Gasteiger partial charge in [0.25, 0.3) is 0 Å². The first-order valence-electron chi connectivity index (χ1n) is 6.88. The van der Waals surface area contributed by atoms with Gasteiger partial charge in [0.1, 0.15) is 5.82 Å². The molecule has 3 rings (SSSR count). The number of halogens is 1. The quantitative estimate of drug-likeness (QED) is 0.933. The van der Waals surface area contributed by atoms with E-state index in [1.54, 1.807) is 6.07 Å². The van der Waals surface area contributed by atoms with Crippen LogP contribution in [0.3, 0.4) is 0 Å². The molecule has 0 saturated carbocycles. The zero-order chi connectivity index (χ0) is 14.1. The normalized spacial score (nSPS) is 14.2. The van der Waals surface area contributed by atoms with Crippen LogP contribution in [-0.4, -0.2) is 23.2 Å². The van der Waals surface area contributed by atoms with E-state index in [9.17, 15) is 4.39 Å². The van der Waals surface area contributed by atoms with Crippen LogP contribution in [0, 0.1) is 5.82 Å². The van der Waals surface area contributed by atoms with Crippen LogP contribution in [0.25, 0.3) is 5.69 Å². The van der Waals surface area contributed by atoms with Gasteiger partial charge in [-0.25, -0.2) is 9.37 Å². The molecule has 4 nitrogen and oxygen atoms in total. The van der Waals surface area contributed by atoms with Crippen LogP contribution < -0.4 is 10.1 Å². The lowest BCUT2D eigenvalue weighted by Gasteiger charge is -2.16. The number of benzene rings is 1. The lowest BCUT2D eigenvalue weighted by Crippen LogP contribution is -2.24. The second kappa shape index (κ2) is 5.25. The van der Waals surface area contributed by atoms with Crippen LogP contribution in [-0.2, 0) is 19.4 Å². The van der Waals surface area contributed by atoms with Crippen LogP contribution >= 0.6 is 0 Å². The SMILES string of the molecule is CCc1nc2c(n1-c1ccc(OC)c(F)c1)CCNC2. The first-order valence-corrected chi connectivity index (χ1v) is 6.88. The first kappa shape index (κ1) is 13.1. The molecular weight excluding hydrogens is 257 g/mol. The minimum absolute atomic E-state index is 0.266. The number of nitrogens with one attached hydrogen (secondary N) is 1. The fourth-order valence-corrected chi connectivity index (χ4v) is 2.70. The molecule has 20 heavy (non-hydrogen) atoms. The monoisotopic (exact) mass is 275 g/mol. The maximum Gasteiger partial charge on any atom is 0.167 e. The third kappa shape index (κ3) is 2.08. The minimum Gasteiger partial charge on any atom is -0.494 e. The number of nitrogens with zero attached hydrogens (tertiary/aromatic N) is 2. The van der Waals surface area contributed by atoms with Gasteiger partial charge in [0.2, 0.25) is 0 Å². The number of ether oxygens (including phenoxy) is 1. The molecule has 1 N–H and O–H groups in total. The number of fused-ring (bicyclic) bond motifs is 1. The van der Waals surface area contributed by atoms with Crippen LogP contribution in [0.5, 0.6) is 5.75 Å². The highest BCUT2D eigenvalue weighted by Crippen LogP contribution is 2.25. The Balaban J connectivity index is 2.13. The molecule has 0 atom stereocenters. The van der Waals surface area contributed by atoms with Gasteiger partial charge in [-0.2, -0.15) is 0 Å². The molecule has 0 saturated heterocycles. The van der Waals surface area contributed by atoms with Crippen molar-refractivity contribution in [3.8, 4) is 11.4 Å². The van der Waals surface area contributed by atoms with Crippen molar-refractivity contribution in [3.63, 3.8) is 0 Å². The van der Waals surface area contributed by atoms with E-state index in [1.165, 1.54) is 18.9 Å². The molecule has 0 spiro atoms. The Morgan fingerprint density at radius 1 is 1.45 bits per heavy atom. The molecule has 1 aliphatic heterocycles. The molecule has 1 aliphatic rings. The van der Waals surface area contributed by atoms with Crippen LogP contribution in [0.4, 0.5) is 4.39 Å². The fraction of sp³-hybridized carbons (Fsp3) is 0.400. The predicted molar refractivity (Wildman–Crippen MR) is 74.9 cm³/mol. The van der Waals surface area contributed by atoms with Crippen LogP contribution in [0.1, 0.15) is 24.1 Å². The van der Waals surface area contributed by atoms with Gasteiger partial charge in [-0.1, -0.05) is 6.92 Å². The second-order valence-electron chi connectivity index (χ2n) is 4.86. The summed E-state index contributed by atoms with van der Waals surface area (Å²) in [5.74, 6) is 0.897. The van der Waals surface area contributed by atoms with E-state index in [0.717, 1.165) is 43.1 Å². The molecular formula is C15H18FN3O. The van der Waals surface area contributed by atoms with E-state index in [4.69, 9.17) is 4.74 Å². The molecule has 1 aromatic carbocycles. The molecule has 0 fully saturated rings. The topological polar surface area (TPSA) is 39.1 Å². The van der Waals surface area contributed by atoms with Crippen LogP contribution in [0.15, 0.2) is 18.2 Å². The predicted octanol–water partition coefficient (Wildman–Crippen LogP) is 2.23. The highest BCUT2D eigenvalue weighted by Gasteiger charge is 2.20. The van der Waals surface area contributed by atoms with Crippen molar-refractivity contribution in [3.05, 3.63) is 41.2 Å². The Bertz CT molecular complexity index is 636. The smallest absolute Gasteiger partial charge is 0.167 e. The van der Waals surface area contributed by atoms with Gasteiger partial charge in [0, 0.05) is 37.7 Å². The third-order valence-electron chi connectivity index (χ3n) is 3.67. The van der Waals surface area contributed by atoms with Crippen molar-refractivity contribution in [1.29, 1.82) is 0 Å². The largest absolute Gasteiger partial charge is 0.494 e. The third-order valence-corrected chi connectivity index (χ3v) is 3.67. The molecule has 1 aromatic heterocycles. The minimum atomic E-state index is -0.344. The van der Waals surface area contributed by atoms with Gasteiger partial charge >= 0.3 is 0 Å². The molecule has 0 radical (unpaired) electrons. The summed E-state index contributed by atoms with van der Waals surface area (Å²) in [5, 5.41) is 3.32. The summed E-state index contributed by atoms with van der Waals surface area (Å²) in [5.41, 5.74) is 3.07. The summed E-state index contributed by atoms with van der Waals surface area (Å²) in [7, 11) is 1.47. The molecule has 2 heterocycles. The van der Waals surface area contributed by atoms with Crippen molar-refractivity contribution in [2.24, 2.45) is 0 Å². The van der Waals surface area contributed by atoms with Gasteiger partial charge < -0.3 is 14.6 Å². The van der Waals surface area contributed by atoms with Crippen molar-refractivity contribution in [2.75, 3.05) is 13.7 Å². The van der Waals surface area contributed by atoms with E-state index in [0.29, 0.717) is 0 Å². The number of methoxy groups -OCH3 is 1. The standard InChI is InChI=1S/C15H18FN3O/c1-3-15-18-12-9-17-7-6-13(12)19(15)10-4-5-14(20-2)11(16)8-10/h4-5,8,17H,3,6-7,9H2,1-2H3. The molecule has 2 aromatic rings. The maximum atomic E-state index is 13.9. The summed E-state index contributed by atoms with van der Waals surface area (Å²) in [6, 6.07) is 5.06. The Morgan fingerprint density at radius 3 is 3.00 bits per heavy atom. The van der Waals surface area contributed by atoms with Crippen molar-refractivity contribution in [2.45, 2.75) is 26.3 Å². The van der Waals surface area contributed by atoms with E-state index in [-0.39, 0.29) is 11.6 Å². The number of hydrogen-bond donors (Lipinski definition) is 1. The Morgan fingerprint density at radius 2 is 2.30 bits per heavy atom. The second-order valence-corrected chi connectivity index (χ2v) is 4.86. The highest BCUT2D eigenvalue weighted by molar-refractivity contribution is 5.43. The zero-order valence-electron chi connectivity index (χ0n) is 11.7. The van der Waals surface area contributed by atoms with Crippen LogP contribution in [0.2, 0.25) is 0 Å². The van der Waals surface area contributed by atoms with Crippen molar-refractivity contribution in [1.82, 2.24) is 14.9 Å². The molecule has 106 valence electrons. The number of hydrogen-bond acceptors (Lipinski definition) is 3. The van der Waals surface area contributed by atoms with Gasteiger partial charge in [-0.3, -0.25) is 0 Å². The van der Waals surface area contributed by atoms with E-state index in [2.05, 4.69) is 21.8 Å². The first-order chi connectivity index (χ1) is 9.74. The molecule has 0 aliphatic carbocycles. The number of aryl methyl sites for hydroxylation is 1. The van der Waals surface area contributed by atoms with Gasteiger partial charge in [-0.05, 0) is 12.1 Å². The highest BCUT2D eigenvalue weighted by atomic mass is 19.1. The maximum absolute atomic E-state index is 13.9. The average molecular weight is 275 g/mol. The summed E-state index contributed by atoms with van der Waals surface area (Å²) in [4.78, 5) is 4.66. The van der Waals surface area contributed by atoms with Gasteiger partial charge in [-0.15, -0.1) is 0 Å². The van der Waals surface area contributed by atoms with Gasteiger partial charge in [0.05, 0.1) is 18.5 Å². The molecule has 5 heteroatoms. The number of rotatable bonds is 3. The lowest BCUT2D eigenvalue weighted by atomic mass is 10.1. The Kier molecular flexibility index (Phi) is 3.44. The lowest BCUT2D eigenvalue weighted by molar-refractivity contribution is 0.386. The zero-order valence-corrected chi connectivity index (χ0v) is 11.7. The summed E-state index contributed by atoms with van der Waals surface area (Å²) in [6.45, 7) is 3.78. The Labute approximate surface area is 117 Å². The summed E-state index contributed by atoms with van der Waals surface area (Å²) in [6.07, 6.45) is 1.73. The van der Waals surface area contributed by atoms with Crippen molar-refractivity contribution >= 4 is 0 Å². The summed E-state index contributed by atoms with van der Waals surface area (Å²) < 4.78 is 21.0. The van der Waals surface area contributed by atoms with Gasteiger partial charge in [0.15, 0.2) is 11.6 Å². The number of imidazole rings is 1. The fourth-order valence-electron chi connectivity index (χ4n) is 2.70. The number of aromatic nitrogens is 2. The van der Waals surface area contributed by atoms with E-state index >= 15 is 0 Å². The van der Waals surface area contributed by atoms with E-state index in [1.807, 2.05) is 6.07 Å². The van der Waals surface area contributed by atoms with E-state index < -0.39 is 0 Å². The molecule has 0 amide bonds.